The van der Waals surface area contributed by atoms with Crippen LogP contribution in [0.3, 0.4) is 0 Å². The quantitative estimate of drug-likeness (QED) is 0.448. The van der Waals surface area contributed by atoms with Crippen molar-refractivity contribution in [3.05, 3.63) is 54.1 Å². The lowest BCUT2D eigenvalue weighted by atomic mass is 10.2. The van der Waals surface area contributed by atoms with Crippen LogP contribution < -0.4 is 10.9 Å². The Kier molecular flexibility index (Phi) is 5.02. The molecule has 0 bridgehead atoms. The molecule has 0 aromatic heterocycles. The summed E-state index contributed by atoms with van der Waals surface area (Å²) in [4.78, 5) is -0.923. The maximum Gasteiger partial charge on any atom is 0.294 e. The molecule has 0 fully saturated rings. The van der Waals surface area contributed by atoms with Crippen LogP contribution in [0.4, 0.5) is 5.69 Å². The van der Waals surface area contributed by atoms with Crippen molar-refractivity contribution in [3.8, 4) is 0 Å². The summed E-state index contributed by atoms with van der Waals surface area (Å²) in [6.07, 6.45) is 0. The molecule has 0 aliphatic rings. The summed E-state index contributed by atoms with van der Waals surface area (Å²) in [7, 11) is -9.02. The first-order valence-corrected chi connectivity index (χ1v) is 9.18. The van der Waals surface area contributed by atoms with Crippen molar-refractivity contribution in [2.45, 2.75) is 16.3 Å². The molecule has 2 aromatic rings. The smallest absolute Gasteiger partial charge is 0.294 e. The molecule has 2 aromatic carbocycles. The van der Waals surface area contributed by atoms with Gasteiger partial charge < -0.3 is 5.43 Å². The zero-order valence-corrected chi connectivity index (χ0v) is 13.3. The summed E-state index contributed by atoms with van der Waals surface area (Å²) in [6.45, 7) is -0.118. The van der Waals surface area contributed by atoms with Crippen molar-refractivity contribution in [1.82, 2.24) is 5.43 Å². The third-order valence-electron chi connectivity index (χ3n) is 2.89. The first-order valence-electron chi connectivity index (χ1n) is 6.30. The highest BCUT2D eigenvalue weighted by Gasteiger charge is 2.19. The molecule has 124 valence electrons. The number of hydrazine groups is 1. The highest BCUT2D eigenvalue weighted by Crippen LogP contribution is 2.20. The number of anilines is 1. The number of rotatable bonds is 6. The maximum atomic E-state index is 11.3. The standard InChI is InChI=1S/C13H14N2O6S2/c16-22(17,18)12-6-7-13(23(19,20)21)10(8-12)9-14-15-11-4-2-1-3-5-11/h1-8,14-15H,9H2,(H,16,17,18)(H,19,20,21). The van der Waals surface area contributed by atoms with E-state index < -0.39 is 30.0 Å². The van der Waals surface area contributed by atoms with E-state index in [9.17, 15) is 21.4 Å². The molecule has 0 saturated heterocycles. The molecule has 0 atom stereocenters. The molecule has 0 spiro atoms. The summed E-state index contributed by atoms with van der Waals surface area (Å²) in [5.74, 6) is 0. The van der Waals surface area contributed by atoms with Gasteiger partial charge in [0.2, 0.25) is 0 Å². The Morgan fingerprint density at radius 3 is 2.09 bits per heavy atom. The van der Waals surface area contributed by atoms with Crippen LogP contribution in [0.25, 0.3) is 0 Å². The van der Waals surface area contributed by atoms with E-state index in [-0.39, 0.29) is 12.1 Å². The summed E-state index contributed by atoms with van der Waals surface area (Å²) in [5, 5.41) is 0. The van der Waals surface area contributed by atoms with Gasteiger partial charge in [-0.2, -0.15) is 16.8 Å². The van der Waals surface area contributed by atoms with Gasteiger partial charge in [0.25, 0.3) is 20.2 Å². The fourth-order valence-electron chi connectivity index (χ4n) is 1.87. The van der Waals surface area contributed by atoms with E-state index in [1.807, 2.05) is 6.07 Å². The average Bonchev–Trinajstić information content (AvgIpc) is 2.46. The Morgan fingerprint density at radius 1 is 0.870 bits per heavy atom. The van der Waals surface area contributed by atoms with E-state index in [0.29, 0.717) is 5.69 Å². The second-order valence-corrected chi connectivity index (χ2v) is 7.38. The number of para-hydroxylation sites is 1. The topological polar surface area (TPSA) is 133 Å². The Bertz CT molecular complexity index is 895. The van der Waals surface area contributed by atoms with Gasteiger partial charge >= 0.3 is 0 Å². The molecule has 0 aliphatic carbocycles. The minimum Gasteiger partial charge on any atom is -0.321 e. The van der Waals surface area contributed by atoms with Crippen molar-refractivity contribution in [1.29, 1.82) is 0 Å². The molecule has 2 rings (SSSR count). The largest absolute Gasteiger partial charge is 0.321 e. The minimum atomic E-state index is -4.54. The Labute approximate surface area is 133 Å². The highest BCUT2D eigenvalue weighted by atomic mass is 32.2. The van der Waals surface area contributed by atoms with Crippen molar-refractivity contribution in [2.75, 3.05) is 5.43 Å². The van der Waals surface area contributed by atoms with E-state index in [1.54, 1.807) is 24.3 Å². The fraction of sp³-hybridized carbons (Fsp3) is 0.0769. The normalized spacial score (nSPS) is 12.1. The second kappa shape index (κ2) is 6.64. The van der Waals surface area contributed by atoms with Gasteiger partial charge in [-0.1, -0.05) is 18.2 Å². The van der Waals surface area contributed by atoms with Gasteiger partial charge in [-0.15, -0.1) is 0 Å². The van der Waals surface area contributed by atoms with Crippen LogP contribution in [0.2, 0.25) is 0 Å². The molecule has 10 heteroatoms. The first-order chi connectivity index (χ1) is 10.7. The van der Waals surface area contributed by atoms with Crippen LogP contribution in [0.5, 0.6) is 0 Å². The van der Waals surface area contributed by atoms with E-state index in [4.69, 9.17) is 4.55 Å². The fourth-order valence-corrected chi connectivity index (χ4v) is 3.10. The van der Waals surface area contributed by atoms with Crippen LogP contribution in [0.15, 0.2) is 58.3 Å². The van der Waals surface area contributed by atoms with Crippen molar-refractivity contribution in [2.24, 2.45) is 0 Å². The van der Waals surface area contributed by atoms with E-state index in [2.05, 4.69) is 10.9 Å². The monoisotopic (exact) mass is 358 g/mol. The third-order valence-corrected chi connectivity index (χ3v) is 4.70. The summed E-state index contributed by atoms with van der Waals surface area (Å²) < 4.78 is 63.2. The van der Waals surface area contributed by atoms with Crippen LogP contribution in [-0.4, -0.2) is 25.9 Å². The Morgan fingerprint density at radius 2 is 1.52 bits per heavy atom. The average molecular weight is 358 g/mol. The lowest BCUT2D eigenvalue weighted by molar-refractivity contribution is 0.477. The predicted octanol–water partition coefficient (Wildman–Crippen LogP) is 1.30. The lowest BCUT2D eigenvalue weighted by Crippen LogP contribution is -2.22. The maximum absolute atomic E-state index is 11.3. The summed E-state index contributed by atoms with van der Waals surface area (Å²) in [5.41, 5.74) is 6.18. The van der Waals surface area contributed by atoms with Gasteiger partial charge in [-0.05, 0) is 35.9 Å². The van der Waals surface area contributed by atoms with Crippen LogP contribution in [0, 0.1) is 0 Å². The molecule has 0 heterocycles. The number of hydrogen-bond donors (Lipinski definition) is 4. The predicted molar refractivity (Wildman–Crippen MR) is 83.0 cm³/mol. The number of hydrogen-bond acceptors (Lipinski definition) is 6. The molecule has 8 nitrogen and oxygen atoms in total. The van der Waals surface area contributed by atoms with Crippen molar-refractivity contribution in [3.63, 3.8) is 0 Å². The zero-order chi connectivity index (χ0) is 17.1. The van der Waals surface area contributed by atoms with Gasteiger partial charge in [-0.3, -0.25) is 9.11 Å². The SMILES string of the molecule is O=S(=O)(O)c1ccc(S(=O)(=O)O)c(CNNc2ccccc2)c1. The summed E-state index contributed by atoms with van der Waals surface area (Å²) in [6, 6.07) is 11.7. The molecule has 0 radical (unpaired) electrons. The van der Waals surface area contributed by atoms with E-state index in [0.717, 1.165) is 18.2 Å². The highest BCUT2D eigenvalue weighted by molar-refractivity contribution is 7.86. The number of benzene rings is 2. The number of nitrogens with one attached hydrogen (secondary N) is 2. The van der Waals surface area contributed by atoms with Crippen LogP contribution in [-0.2, 0) is 26.8 Å². The molecular weight excluding hydrogens is 344 g/mol. The van der Waals surface area contributed by atoms with Crippen LogP contribution >= 0.6 is 0 Å². The van der Waals surface area contributed by atoms with E-state index >= 15 is 0 Å². The molecule has 0 saturated carbocycles. The Hall–Kier alpha value is -1.98. The molecule has 0 aliphatic heterocycles. The molecular formula is C13H14N2O6S2. The van der Waals surface area contributed by atoms with Gasteiger partial charge in [0.15, 0.2) is 0 Å². The molecule has 23 heavy (non-hydrogen) atoms. The Balaban J connectivity index is 2.27. The third kappa shape index (κ3) is 4.74. The van der Waals surface area contributed by atoms with Gasteiger partial charge in [0.05, 0.1) is 9.79 Å². The summed E-state index contributed by atoms with van der Waals surface area (Å²) >= 11 is 0. The molecule has 0 amide bonds. The lowest BCUT2D eigenvalue weighted by Gasteiger charge is -2.12. The van der Waals surface area contributed by atoms with Crippen molar-refractivity contribution < 1.29 is 25.9 Å². The van der Waals surface area contributed by atoms with Crippen LogP contribution in [0.1, 0.15) is 5.56 Å². The van der Waals surface area contributed by atoms with E-state index in [1.165, 1.54) is 0 Å². The minimum absolute atomic E-state index is 0.0222. The second-order valence-electron chi connectivity index (χ2n) is 4.56. The van der Waals surface area contributed by atoms with Crippen molar-refractivity contribution >= 4 is 25.9 Å². The van der Waals surface area contributed by atoms with Gasteiger partial charge in [0.1, 0.15) is 0 Å². The first kappa shape index (κ1) is 17.4. The molecule has 0 unspecified atom stereocenters. The van der Waals surface area contributed by atoms with Gasteiger partial charge in [-0.25, -0.2) is 5.43 Å². The van der Waals surface area contributed by atoms with Gasteiger partial charge in [0, 0.05) is 12.2 Å². The molecule has 4 N–H and O–H groups in total. The zero-order valence-electron chi connectivity index (χ0n) is 11.7.